The number of likely N-dealkylation sites (tertiary alicyclic amines) is 1. The molecule has 2 rings (SSSR count). The van der Waals surface area contributed by atoms with Crippen LogP contribution >= 0.6 is 0 Å². The van der Waals surface area contributed by atoms with Gasteiger partial charge in [-0.15, -0.1) is 0 Å². The molecule has 114 valence electrons. The Morgan fingerprint density at radius 1 is 1.19 bits per heavy atom. The second-order valence-corrected chi connectivity index (χ2v) is 5.74. The number of Topliss-reactive ketones (excluding diaryl/α,β-unsaturated/α-hetero) is 1. The van der Waals surface area contributed by atoms with Gasteiger partial charge in [0.1, 0.15) is 11.8 Å². The summed E-state index contributed by atoms with van der Waals surface area (Å²) in [5, 5.41) is 0. The molecule has 1 aliphatic rings. The fourth-order valence-electron chi connectivity index (χ4n) is 3.21. The monoisotopic (exact) mass is 289 g/mol. The normalized spacial score (nSPS) is 19.8. The maximum Gasteiger partial charge on any atom is 0.322 e. The van der Waals surface area contributed by atoms with Crippen LogP contribution in [-0.4, -0.2) is 42.9 Å². The molecule has 1 saturated heterocycles. The van der Waals surface area contributed by atoms with Crippen LogP contribution in [0.4, 0.5) is 0 Å². The summed E-state index contributed by atoms with van der Waals surface area (Å²) in [6.07, 6.45) is 1.49. The van der Waals surface area contributed by atoms with Crippen LogP contribution in [0.2, 0.25) is 0 Å². The van der Waals surface area contributed by atoms with Crippen LogP contribution in [0.25, 0.3) is 0 Å². The summed E-state index contributed by atoms with van der Waals surface area (Å²) in [7, 11) is 1.41. The predicted molar refractivity (Wildman–Crippen MR) is 81.1 cm³/mol. The van der Waals surface area contributed by atoms with Crippen LogP contribution in [0.5, 0.6) is 0 Å². The van der Waals surface area contributed by atoms with Crippen LogP contribution < -0.4 is 0 Å². The van der Waals surface area contributed by atoms with Crippen molar-refractivity contribution in [2.24, 2.45) is 0 Å². The van der Waals surface area contributed by atoms with Crippen molar-refractivity contribution in [3.63, 3.8) is 0 Å². The minimum Gasteiger partial charge on any atom is -0.468 e. The number of carbonyl (C=O) groups excluding carboxylic acids is 2. The fourth-order valence-corrected chi connectivity index (χ4v) is 3.21. The average Bonchev–Trinajstić information content (AvgIpc) is 2.54. The molecule has 0 aliphatic carbocycles. The lowest BCUT2D eigenvalue weighted by Crippen LogP contribution is -2.51. The zero-order chi connectivity index (χ0) is 15.5. The number of hydrogen-bond acceptors (Lipinski definition) is 4. The fraction of sp³-hybridized carbons (Fsp3) is 0.529. The third-order valence-corrected chi connectivity index (χ3v) is 4.74. The van der Waals surface area contributed by atoms with Crippen LogP contribution in [0.15, 0.2) is 30.3 Å². The van der Waals surface area contributed by atoms with Crippen molar-refractivity contribution in [3.8, 4) is 0 Å². The number of carbonyl (C=O) groups is 2. The van der Waals surface area contributed by atoms with Crippen molar-refractivity contribution >= 4 is 11.8 Å². The number of ether oxygens (including phenoxy) is 1. The van der Waals surface area contributed by atoms with Gasteiger partial charge < -0.3 is 4.74 Å². The Balaban J connectivity index is 2.16. The second-order valence-electron chi connectivity index (χ2n) is 5.74. The van der Waals surface area contributed by atoms with Crippen molar-refractivity contribution in [1.82, 2.24) is 4.90 Å². The molecule has 4 heteroatoms. The molecular weight excluding hydrogens is 266 g/mol. The quantitative estimate of drug-likeness (QED) is 0.797. The van der Waals surface area contributed by atoms with Crippen molar-refractivity contribution in [2.45, 2.75) is 38.1 Å². The van der Waals surface area contributed by atoms with Gasteiger partial charge in [0.05, 0.1) is 12.5 Å². The molecule has 1 aliphatic heterocycles. The average molecular weight is 289 g/mol. The Morgan fingerprint density at radius 3 is 2.24 bits per heavy atom. The molecule has 21 heavy (non-hydrogen) atoms. The minimum absolute atomic E-state index is 0.207. The zero-order valence-electron chi connectivity index (χ0n) is 13.0. The lowest BCUT2D eigenvalue weighted by atomic mass is 9.70. The van der Waals surface area contributed by atoms with E-state index >= 15 is 0 Å². The van der Waals surface area contributed by atoms with Gasteiger partial charge in [-0.3, -0.25) is 14.5 Å². The summed E-state index contributed by atoms with van der Waals surface area (Å²) < 4.78 is 4.80. The van der Waals surface area contributed by atoms with Gasteiger partial charge in [-0.05, 0) is 32.3 Å². The topological polar surface area (TPSA) is 46.6 Å². The summed E-state index contributed by atoms with van der Waals surface area (Å²) in [6.45, 7) is 4.98. The lowest BCUT2D eigenvalue weighted by Gasteiger charge is -2.42. The number of hydrogen-bond donors (Lipinski definition) is 0. The van der Waals surface area contributed by atoms with Gasteiger partial charge in [-0.2, -0.15) is 0 Å². The van der Waals surface area contributed by atoms with Crippen LogP contribution in [0.1, 0.15) is 32.3 Å². The highest BCUT2D eigenvalue weighted by Gasteiger charge is 2.41. The number of methoxy groups -OCH3 is 1. The summed E-state index contributed by atoms with van der Waals surface area (Å²) in [5.41, 5.74) is 0.677. The summed E-state index contributed by atoms with van der Waals surface area (Å²) in [5.74, 6) is -0.0101. The zero-order valence-corrected chi connectivity index (χ0v) is 13.0. The number of nitrogens with zero attached hydrogens (tertiary/aromatic N) is 1. The Labute approximate surface area is 126 Å². The molecule has 1 aromatic carbocycles. The smallest absolute Gasteiger partial charge is 0.322 e. The van der Waals surface area contributed by atoms with Crippen LogP contribution in [0.3, 0.4) is 0 Å². The molecule has 0 aromatic heterocycles. The van der Waals surface area contributed by atoms with E-state index in [0.717, 1.165) is 31.5 Å². The highest BCUT2D eigenvalue weighted by atomic mass is 16.5. The number of esters is 1. The van der Waals surface area contributed by atoms with Crippen molar-refractivity contribution in [1.29, 1.82) is 0 Å². The van der Waals surface area contributed by atoms with Gasteiger partial charge in [0.2, 0.25) is 0 Å². The largest absolute Gasteiger partial charge is 0.468 e. The SMILES string of the molecule is COC(=O)[C@@H](C)N1CCC(C(C)=O)(c2ccccc2)CC1. The Hall–Kier alpha value is -1.68. The Kier molecular flexibility index (Phi) is 4.78. The van der Waals surface area contributed by atoms with Gasteiger partial charge in [0.25, 0.3) is 0 Å². The van der Waals surface area contributed by atoms with Gasteiger partial charge in [0.15, 0.2) is 0 Å². The molecule has 0 unspecified atom stereocenters. The van der Waals surface area contributed by atoms with E-state index < -0.39 is 5.41 Å². The molecule has 4 nitrogen and oxygen atoms in total. The first kappa shape index (κ1) is 15.7. The molecule has 1 atom stereocenters. The molecule has 0 bridgehead atoms. The lowest BCUT2D eigenvalue weighted by molar-refractivity contribution is -0.147. The van der Waals surface area contributed by atoms with E-state index in [9.17, 15) is 9.59 Å². The van der Waals surface area contributed by atoms with E-state index in [4.69, 9.17) is 4.74 Å². The van der Waals surface area contributed by atoms with Crippen LogP contribution in [-0.2, 0) is 19.7 Å². The van der Waals surface area contributed by atoms with Gasteiger partial charge in [0, 0.05) is 13.1 Å². The number of piperidine rings is 1. The van der Waals surface area contributed by atoms with Crippen LogP contribution in [0, 0.1) is 0 Å². The molecule has 1 heterocycles. The highest BCUT2D eigenvalue weighted by Crippen LogP contribution is 2.36. The summed E-state index contributed by atoms with van der Waals surface area (Å²) >= 11 is 0. The third-order valence-electron chi connectivity index (χ3n) is 4.74. The van der Waals surface area contributed by atoms with E-state index in [1.165, 1.54) is 7.11 Å². The minimum atomic E-state index is -0.409. The molecular formula is C17H23NO3. The first-order valence-electron chi connectivity index (χ1n) is 7.40. The first-order chi connectivity index (χ1) is 10.0. The molecule has 0 saturated carbocycles. The Morgan fingerprint density at radius 2 is 1.76 bits per heavy atom. The van der Waals surface area contributed by atoms with E-state index in [2.05, 4.69) is 4.90 Å². The number of rotatable bonds is 4. The van der Waals surface area contributed by atoms with Crippen molar-refractivity contribution in [3.05, 3.63) is 35.9 Å². The maximum atomic E-state index is 12.3. The maximum absolute atomic E-state index is 12.3. The third kappa shape index (κ3) is 3.00. The molecule has 0 spiro atoms. The molecule has 0 radical (unpaired) electrons. The first-order valence-corrected chi connectivity index (χ1v) is 7.40. The van der Waals surface area contributed by atoms with Gasteiger partial charge in [-0.1, -0.05) is 30.3 Å². The van der Waals surface area contributed by atoms with E-state index in [1.54, 1.807) is 6.92 Å². The summed E-state index contributed by atoms with van der Waals surface area (Å²) in [6, 6.07) is 9.72. The van der Waals surface area contributed by atoms with Crippen molar-refractivity contribution < 1.29 is 14.3 Å². The van der Waals surface area contributed by atoms with E-state index in [-0.39, 0.29) is 17.8 Å². The van der Waals surface area contributed by atoms with E-state index in [0.29, 0.717) is 0 Å². The number of benzene rings is 1. The van der Waals surface area contributed by atoms with Crippen molar-refractivity contribution in [2.75, 3.05) is 20.2 Å². The molecule has 0 amide bonds. The molecule has 1 fully saturated rings. The highest BCUT2D eigenvalue weighted by molar-refractivity contribution is 5.88. The molecule has 0 N–H and O–H groups in total. The molecule has 1 aromatic rings. The van der Waals surface area contributed by atoms with Gasteiger partial charge in [-0.25, -0.2) is 0 Å². The summed E-state index contributed by atoms with van der Waals surface area (Å²) in [4.78, 5) is 26.0. The standard InChI is InChI=1S/C17H23NO3/c1-13(16(20)21-3)18-11-9-17(10-12-18,14(2)19)15-7-5-4-6-8-15/h4-8,13H,9-12H2,1-3H3/t13-/m1/s1. The predicted octanol–water partition coefficient (Wildman–Crippen LogP) is 2.17. The van der Waals surface area contributed by atoms with E-state index in [1.807, 2.05) is 37.3 Å². The second kappa shape index (κ2) is 6.39. The Bertz CT molecular complexity index is 504. The number of ketones is 1. The van der Waals surface area contributed by atoms with Gasteiger partial charge >= 0.3 is 5.97 Å².